The maximum absolute atomic E-state index is 10.4. The molecule has 13 heavy (non-hydrogen) atoms. The molecule has 0 bridgehead atoms. The second-order valence-corrected chi connectivity index (χ2v) is 1.83. The first-order valence-electron chi connectivity index (χ1n) is 2.64. The summed E-state index contributed by atoms with van der Waals surface area (Å²) < 4.78 is 8.16. The fourth-order valence-corrected chi connectivity index (χ4v) is 0.476. The van der Waals surface area contributed by atoms with E-state index < -0.39 is 11.9 Å². The van der Waals surface area contributed by atoms with Crippen LogP contribution in [0.25, 0.3) is 0 Å². The van der Waals surface area contributed by atoms with Gasteiger partial charge < -0.3 is 18.8 Å². The summed E-state index contributed by atoms with van der Waals surface area (Å²) in [5.74, 6) is -2.03. The Hall–Kier alpha value is -1.77. The Morgan fingerprint density at radius 2 is 1.46 bits per heavy atom. The fraction of sp³-hybridized carbons (Fsp3) is 0. The molecule has 0 saturated heterocycles. The highest BCUT2D eigenvalue weighted by Gasteiger charge is 2.04. The SMILES string of the molecule is O=C(C=NO)OSOC(=O)C=NO. The summed E-state index contributed by atoms with van der Waals surface area (Å²) in [5.41, 5.74) is 0. The molecule has 0 amide bonds. The molecule has 0 aromatic carbocycles. The van der Waals surface area contributed by atoms with Crippen molar-refractivity contribution in [3.8, 4) is 0 Å². The van der Waals surface area contributed by atoms with E-state index in [-0.39, 0.29) is 12.3 Å². The summed E-state index contributed by atoms with van der Waals surface area (Å²) in [6.07, 6.45) is 0.919. The lowest BCUT2D eigenvalue weighted by molar-refractivity contribution is -0.127. The number of nitrogens with zero attached hydrogens (tertiary/aromatic N) is 2. The predicted molar refractivity (Wildman–Crippen MR) is 40.3 cm³/mol. The Kier molecular flexibility index (Phi) is 5.97. The largest absolute Gasteiger partial charge is 0.411 e. The van der Waals surface area contributed by atoms with E-state index in [0.29, 0.717) is 12.4 Å². The van der Waals surface area contributed by atoms with Crippen LogP contribution in [-0.4, -0.2) is 34.8 Å². The van der Waals surface area contributed by atoms with Gasteiger partial charge in [0.15, 0.2) is 12.4 Å². The van der Waals surface area contributed by atoms with Crippen molar-refractivity contribution in [3.63, 3.8) is 0 Å². The molecule has 0 aliphatic carbocycles. The molecular formula is C4H4N2O6S. The zero-order valence-electron chi connectivity index (χ0n) is 5.98. The first-order valence-corrected chi connectivity index (χ1v) is 3.31. The minimum atomic E-state index is -1.01. The van der Waals surface area contributed by atoms with E-state index in [2.05, 4.69) is 18.7 Å². The highest BCUT2D eigenvalue weighted by molar-refractivity contribution is 7.90. The van der Waals surface area contributed by atoms with Gasteiger partial charge in [0.2, 0.25) is 0 Å². The van der Waals surface area contributed by atoms with Crippen molar-refractivity contribution in [1.82, 2.24) is 0 Å². The van der Waals surface area contributed by atoms with Gasteiger partial charge in [-0.2, -0.15) is 0 Å². The van der Waals surface area contributed by atoms with Crippen molar-refractivity contribution in [3.05, 3.63) is 0 Å². The molecule has 0 rings (SSSR count). The first kappa shape index (κ1) is 11.2. The highest BCUT2D eigenvalue weighted by atomic mass is 32.2. The van der Waals surface area contributed by atoms with Crippen LogP contribution in [0.15, 0.2) is 10.3 Å². The topological polar surface area (TPSA) is 118 Å². The minimum Gasteiger partial charge on any atom is -0.411 e. The average molecular weight is 208 g/mol. The molecule has 0 fully saturated rings. The van der Waals surface area contributed by atoms with Crippen molar-refractivity contribution in [2.45, 2.75) is 0 Å². The van der Waals surface area contributed by atoms with Gasteiger partial charge in [-0.15, -0.1) is 0 Å². The summed E-state index contributed by atoms with van der Waals surface area (Å²) >= 11 is 0.0456. The molecule has 0 unspecified atom stereocenters. The van der Waals surface area contributed by atoms with Gasteiger partial charge in [-0.05, 0) is 0 Å². The van der Waals surface area contributed by atoms with Gasteiger partial charge >= 0.3 is 11.9 Å². The highest BCUT2D eigenvalue weighted by Crippen LogP contribution is 2.03. The van der Waals surface area contributed by atoms with E-state index in [9.17, 15) is 9.59 Å². The van der Waals surface area contributed by atoms with Crippen LogP contribution in [0.3, 0.4) is 0 Å². The van der Waals surface area contributed by atoms with Gasteiger partial charge in [-0.1, -0.05) is 10.3 Å². The Labute approximate surface area is 76.2 Å². The van der Waals surface area contributed by atoms with E-state index in [1.807, 2.05) is 0 Å². The maximum Gasteiger partial charge on any atom is 0.367 e. The molecule has 0 aromatic heterocycles. The molecule has 0 spiro atoms. The van der Waals surface area contributed by atoms with Crippen molar-refractivity contribution in [2.24, 2.45) is 10.3 Å². The number of carbonyl (C=O) groups is 2. The molecule has 0 aromatic rings. The average Bonchev–Trinajstić information content (AvgIpc) is 2.05. The Morgan fingerprint density at radius 1 is 1.08 bits per heavy atom. The van der Waals surface area contributed by atoms with Crippen LogP contribution in [0.2, 0.25) is 0 Å². The second kappa shape index (κ2) is 6.91. The fourth-order valence-electron chi connectivity index (χ4n) is 0.221. The summed E-state index contributed by atoms with van der Waals surface area (Å²) in [6, 6.07) is 0. The third-order valence-electron chi connectivity index (χ3n) is 0.559. The van der Waals surface area contributed by atoms with Crippen LogP contribution >= 0.6 is 12.3 Å². The minimum absolute atomic E-state index is 0.0456. The van der Waals surface area contributed by atoms with Crippen molar-refractivity contribution < 1.29 is 28.4 Å². The second-order valence-electron chi connectivity index (χ2n) is 1.36. The van der Waals surface area contributed by atoms with Crippen LogP contribution in [0.5, 0.6) is 0 Å². The summed E-state index contributed by atoms with van der Waals surface area (Å²) in [7, 11) is 0. The van der Waals surface area contributed by atoms with Gasteiger partial charge in [0.1, 0.15) is 0 Å². The van der Waals surface area contributed by atoms with E-state index in [0.717, 1.165) is 0 Å². The molecular weight excluding hydrogens is 204 g/mol. The molecule has 0 atom stereocenters. The van der Waals surface area contributed by atoms with Gasteiger partial charge in [0.25, 0.3) is 12.3 Å². The van der Waals surface area contributed by atoms with Gasteiger partial charge in [0, 0.05) is 0 Å². The smallest absolute Gasteiger partial charge is 0.367 e. The molecule has 0 aliphatic heterocycles. The Balaban J connectivity index is 3.56. The zero-order chi connectivity index (χ0) is 10.1. The molecule has 0 saturated carbocycles. The van der Waals surface area contributed by atoms with Crippen LogP contribution in [0.1, 0.15) is 0 Å². The molecule has 0 heterocycles. The number of hydrogen-bond acceptors (Lipinski definition) is 9. The molecule has 72 valence electrons. The van der Waals surface area contributed by atoms with Gasteiger partial charge in [-0.25, -0.2) is 9.59 Å². The number of hydrogen-bond donors (Lipinski definition) is 2. The predicted octanol–water partition coefficient (Wildman–Crippen LogP) is -0.444. The van der Waals surface area contributed by atoms with Crippen LogP contribution in [0.4, 0.5) is 0 Å². The Bertz CT molecular complexity index is 215. The maximum atomic E-state index is 10.4. The van der Waals surface area contributed by atoms with Gasteiger partial charge in [-0.3, -0.25) is 0 Å². The number of rotatable bonds is 4. The van der Waals surface area contributed by atoms with Crippen LogP contribution < -0.4 is 0 Å². The zero-order valence-corrected chi connectivity index (χ0v) is 6.80. The lowest BCUT2D eigenvalue weighted by Gasteiger charge is -1.94. The van der Waals surface area contributed by atoms with E-state index in [1.54, 1.807) is 0 Å². The summed E-state index contributed by atoms with van der Waals surface area (Å²) in [6.45, 7) is 0. The van der Waals surface area contributed by atoms with Crippen molar-refractivity contribution >= 4 is 36.7 Å². The van der Waals surface area contributed by atoms with Crippen molar-refractivity contribution in [2.75, 3.05) is 0 Å². The molecule has 2 N–H and O–H groups in total. The first-order chi connectivity index (χ1) is 6.20. The Morgan fingerprint density at radius 3 is 1.77 bits per heavy atom. The standard InChI is InChI=1S/C4H4N2O6S/c7-3(1-5-9)11-13-12-4(8)2-6-10/h1-2,9-10H. The molecule has 0 radical (unpaired) electrons. The number of oxime groups is 2. The van der Waals surface area contributed by atoms with E-state index >= 15 is 0 Å². The van der Waals surface area contributed by atoms with E-state index in [1.165, 1.54) is 0 Å². The lowest BCUT2D eigenvalue weighted by atomic mass is 10.8. The third-order valence-corrected chi connectivity index (χ3v) is 1.02. The molecule has 8 nitrogen and oxygen atoms in total. The number of carbonyl (C=O) groups excluding carboxylic acids is 2. The quantitative estimate of drug-likeness (QED) is 0.278. The van der Waals surface area contributed by atoms with Crippen LogP contribution in [0, 0.1) is 0 Å². The summed E-state index contributed by atoms with van der Waals surface area (Å²) in [4.78, 5) is 20.7. The van der Waals surface area contributed by atoms with E-state index in [4.69, 9.17) is 10.4 Å². The van der Waals surface area contributed by atoms with Gasteiger partial charge in [0.05, 0.1) is 0 Å². The molecule has 9 heteroatoms. The van der Waals surface area contributed by atoms with Crippen molar-refractivity contribution in [1.29, 1.82) is 0 Å². The molecule has 0 aliphatic rings. The normalized spacial score (nSPS) is 10.5. The summed E-state index contributed by atoms with van der Waals surface area (Å²) in [5, 5.41) is 20.4. The lowest BCUT2D eigenvalue weighted by Crippen LogP contribution is -2.04. The van der Waals surface area contributed by atoms with Crippen LogP contribution in [-0.2, 0) is 18.0 Å². The monoisotopic (exact) mass is 208 g/mol. The third kappa shape index (κ3) is 6.62.